The zero-order chi connectivity index (χ0) is 18.6. The largest absolute Gasteiger partial charge is 0.544 e. The van der Waals surface area contributed by atoms with Crippen LogP contribution in [0.3, 0.4) is 0 Å². The number of rotatable bonds is 15. The third-order valence-electron chi connectivity index (χ3n) is 5.92. The number of aliphatic carboxylic acids is 1. The number of quaternary nitrogens is 1. The zero-order valence-corrected chi connectivity index (χ0v) is 17.1. The summed E-state index contributed by atoms with van der Waals surface area (Å²) >= 11 is 0. The lowest BCUT2D eigenvalue weighted by Crippen LogP contribution is -2.73. The molecule has 24 heavy (non-hydrogen) atoms. The van der Waals surface area contributed by atoms with E-state index in [0.29, 0.717) is 17.3 Å². The minimum absolute atomic E-state index is 0.163. The van der Waals surface area contributed by atoms with E-state index in [9.17, 15) is 9.90 Å². The highest BCUT2D eigenvalue weighted by Crippen LogP contribution is 2.32. The summed E-state index contributed by atoms with van der Waals surface area (Å²) in [7, 11) is 4.14. The first kappa shape index (κ1) is 23.4. The second kappa shape index (κ2) is 11.9. The number of hydrogen-bond donors (Lipinski definition) is 1. The van der Waals surface area contributed by atoms with Crippen LogP contribution in [-0.2, 0) is 4.79 Å². The average molecular weight is 343 g/mol. The minimum Gasteiger partial charge on any atom is -0.544 e. The predicted octanol–water partition coefficient (Wildman–Crippen LogP) is 3.45. The van der Waals surface area contributed by atoms with Gasteiger partial charge in [-0.3, -0.25) is 5.32 Å². The molecule has 0 spiro atoms. The van der Waals surface area contributed by atoms with Crippen molar-refractivity contribution in [3.63, 3.8) is 0 Å². The first-order valence-corrected chi connectivity index (χ1v) is 10.1. The monoisotopic (exact) mass is 342 g/mol. The van der Waals surface area contributed by atoms with Gasteiger partial charge in [0.25, 0.3) is 0 Å². The number of likely N-dealkylation sites (N-methyl/N-ethyl adjacent to an activating group) is 1. The van der Waals surface area contributed by atoms with Crippen LogP contribution >= 0.6 is 0 Å². The summed E-state index contributed by atoms with van der Waals surface area (Å²) in [5, 5.41) is 15.7. The van der Waals surface area contributed by atoms with Crippen LogP contribution < -0.4 is 10.4 Å². The smallest absolute Gasteiger partial charge is 0.143 e. The van der Waals surface area contributed by atoms with Gasteiger partial charge in [-0.15, -0.1) is 0 Å². The molecule has 0 saturated heterocycles. The maximum absolute atomic E-state index is 12.0. The van der Waals surface area contributed by atoms with Crippen LogP contribution in [0.15, 0.2) is 0 Å². The molecule has 4 nitrogen and oxygen atoms in total. The van der Waals surface area contributed by atoms with Crippen LogP contribution in [0.25, 0.3) is 0 Å². The molecule has 0 fully saturated rings. The topological polar surface area (TPSA) is 52.2 Å². The summed E-state index contributed by atoms with van der Waals surface area (Å²) in [4.78, 5) is 12.0. The Morgan fingerprint density at radius 2 is 1.50 bits per heavy atom. The predicted molar refractivity (Wildman–Crippen MR) is 101 cm³/mol. The first-order valence-electron chi connectivity index (χ1n) is 10.1. The van der Waals surface area contributed by atoms with Crippen molar-refractivity contribution in [3.05, 3.63) is 0 Å². The number of carboxylic acid groups (broad SMARTS) is 1. The second-order valence-corrected chi connectivity index (χ2v) is 7.59. The lowest BCUT2D eigenvalue weighted by molar-refractivity contribution is -0.961. The van der Waals surface area contributed by atoms with Crippen LogP contribution in [-0.4, -0.2) is 42.8 Å². The van der Waals surface area contributed by atoms with Crippen LogP contribution in [0.1, 0.15) is 91.9 Å². The Morgan fingerprint density at radius 1 is 0.958 bits per heavy atom. The number of carbonyl (C=O) groups excluding carboxylic acids is 1. The third-order valence-corrected chi connectivity index (χ3v) is 5.92. The van der Waals surface area contributed by atoms with Crippen molar-refractivity contribution in [3.8, 4) is 0 Å². The van der Waals surface area contributed by atoms with Crippen molar-refractivity contribution >= 4 is 5.97 Å². The van der Waals surface area contributed by atoms with Gasteiger partial charge < -0.3 is 14.4 Å². The van der Waals surface area contributed by atoms with Gasteiger partial charge in [0.1, 0.15) is 17.7 Å². The lowest BCUT2D eigenvalue weighted by Gasteiger charge is -2.53. The molecular formula is C20H42N2O2. The van der Waals surface area contributed by atoms with Gasteiger partial charge in [0.05, 0.1) is 14.1 Å². The fraction of sp³-hybridized carbons (Fsp3) is 0.950. The SMILES string of the molecule is CCCCCCC(NCCCCC)[N+](C)(C)C(CC)(CC)C(=O)[O-]. The van der Waals surface area contributed by atoms with Gasteiger partial charge in [0.2, 0.25) is 0 Å². The summed E-state index contributed by atoms with van der Waals surface area (Å²) in [5.74, 6) is -0.911. The second-order valence-electron chi connectivity index (χ2n) is 7.59. The molecule has 0 aromatic carbocycles. The number of unbranched alkanes of at least 4 members (excludes halogenated alkanes) is 5. The van der Waals surface area contributed by atoms with Gasteiger partial charge in [-0.2, -0.15) is 0 Å². The van der Waals surface area contributed by atoms with E-state index in [-0.39, 0.29) is 6.17 Å². The molecule has 0 aliphatic carbocycles. The Morgan fingerprint density at radius 3 is 1.96 bits per heavy atom. The Labute approximate surface area is 150 Å². The Hall–Kier alpha value is -0.610. The van der Waals surface area contributed by atoms with Gasteiger partial charge >= 0.3 is 0 Å². The van der Waals surface area contributed by atoms with Crippen molar-refractivity contribution in [2.75, 3.05) is 20.6 Å². The van der Waals surface area contributed by atoms with E-state index in [1.165, 1.54) is 32.1 Å². The average Bonchev–Trinajstić information content (AvgIpc) is 2.54. The molecule has 0 amide bonds. The molecule has 0 saturated carbocycles. The Bertz CT molecular complexity index is 327. The zero-order valence-electron chi connectivity index (χ0n) is 17.1. The van der Waals surface area contributed by atoms with Crippen molar-refractivity contribution in [1.82, 2.24) is 5.32 Å². The van der Waals surface area contributed by atoms with Crippen LogP contribution in [0, 0.1) is 0 Å². The molecule has 0 aliphatic heterocycles. The van der Waals surface area contributed by atoms with Crippen molar-refractivity contribution in [2.24, 2.45) is 0 Å². The van der Waals surface area contributed by atoms with E-state index in [1.54, 1.807) is 0 Å². The van der Waals surface area contributed by atoms with Gasteiger partial charge in [-0.25, -0.2) is 0 Å². The van der Waals surface area contributed by atoms with Crippen molar-refractivity contribution in [1.29, 1.82) is 0 Å². The summed E-state index contributed by atoms with van der Waals surface area (Å²) < 4.78 is 0.459. The number of carboxylic acids is 1. The highest BCUT2D eigenvalue weighted by Gasteiger charge is 2.48. The van der Waals surface area contributed by atoms with E-state index in [4.69, 9.17) is 0 Å². The summed E-state index contributed by atoms with van der Waals surface area (Å²) in [6.07, 6.45) is 10.8. The molecule has 0 aromatic heterocycles. The highest BCUT2D eigenvalue weighted by molar-refractivity contribution is 5.75. The number of hydrogen-bond acceptors (Lipinski definition) is 3. The van der Waals surface area contributed by atoms with Gasteiger partial charge in [0.15, 0.2) is 0 Å². The quantitative estimate of drug-likeness (QED) is 0.282. The molecule has 1 atom stereocenters. The van der Waals surface area contributed by atoms with Gasteiger partial charge in [-0.05, 0) is 12.8 Å². The summed E-state index contributed by atoms with van der Waals surface area (Å²) in [6, 6.07) is 0. The highest BCUT2D eigenvalue weighted by atomic mass is 16.4. The molecule has 0 bridgehead atoms. The first-order chi connectivity index (χ1) is 11.3. The molecule has 0 aromatic rings. The van der Waals surface area contributed by atoms with Crippen LogP contribution in [0.5, 0.6) is 0 Å². The Kier molecular flexibility index (Phi) is 11.6. The van der Waals surface area contributed by atoms with Crippen LogP contribution in [0.4, 0.5) is 0 Å². The normalized spacial score (nSPS) is 13.9. The maximum atomic E-state index is 12.0. The van der Waals surface area contributed by atoms with E-state index in [2.05, 4.69) is 33.3 Å². The molecule has 4 heteroatoms. The van der Waals surface area contributed by atoms with Crippen molar-refractivity contribution < 1.29 is 14.4 Å². The fourth-order valence-electron chi connectivity index (χ4n) is 3.95. The van der Waals surface area contributed by atoms with Crippen LogP contribution in [0.2, 0.25) is 0 Å². The van der Waals surface area contributed by atoms with E-state index < -0.39 is 11.5 Å². The maximum Gasteiger partial charge on any atom is 0.143 e. The standard InChI is InChI=1S/C20H42N2O2/c1-7-11-13-14-16-18(21-17-15-12-8-2)22(5,6)20(9-3,10-4)19(23)24/h18,21H,7-17H2,1-6H3. The molecule has 0 aliphatic rings. The molecule has 144 valence electrons. The Balaban J connectivity index is 5.18. The fourth-order valence-corrected chi connectivity index (χ4v) is 3.95. The third kappa shape index (κ3) is 6.03. The number of nitrogens with zero attached hydrogens (tertiary/aromatic N) is 1. The van der Waals surface area contributed by atoms with E-state index in [0.717, 1.165) is 25.8 Å². The molecule has 0 radical (unpaired) electrons. The van der Waals surface area contributed by atoms with Gasteiger partial charge in [-0.1, -0.05) is 59.8 Å². The minimum atomic E-state index is -0.911. The number of nitrogens with one attached hydrogen (secondary N) is 1. The van der Waals surface area contributed by atoms with E-state index in [1.807, 2.05) is 13.8 Å². The molecule has 0 rings (SSSR count). The summed E-state index contributed by atoms with van der Waals surface area (Å²) in [6.45, 7) is 9.34. The summed E-state index contributed by atoms with van der Waals surface area (Å²) in [5.41, 5.74) is -0.826. The van der Waals surface area contributed by atoms with Gasteiger partial charge in [0, 0.05) is 25.8 Å². The molecule has 0 heterocycles. The lowest BCUT2D eigenvalue weighted by atomic mass is 9.87. The number of carbonyl (C=O) groups is 1. The molecule has 1 unspecified atom stereocenters. The molecular weight excluding hydrogens is 300 g/mol. The van der Waals surface area contributed by atoms with Crippen molar-refractivity contribution in [2.45, 2.75) is 104 Å². The van der Waals surface area contributed by atoms with E-state index >= 15 is 0 Å². The molecule has 1 N–H and O–H groups in total.